The number of hydrogen-bond acceptors (Lipinski definition) is 3. The molecule has 5 nitrogen and oxygen atoms in total. The maximum absolute atomic E-state index is 13.0. The molecule has 0 spiro atoms. The lowest BCUT2D eigenvalue weighted by atomic mass is 10.1. The van der Waals surface area contributed by atoms with Crippen LogP contribution in [0.15, 0.2) is 42.6 Å². The predicted octanol–water partition coefficient (Wildman–Crippen LogP) is 4.13. The summed E-state index contributed by atoms with van der Waals surface area (Å²) in [4.78, 5) is 28.3. The van der Waals surface area contributed by atoms with Gasteiger partial charge in [0.25, 0.3) is 11.8 Å². The monoisotopic (exact) mass is 379 g/mol. The second-order valence-corrected chi connectivity index (χ2v) is 6.37. The summed E-state index contributed by atoms with van der Waals surface area (Å²) >= 11 is 0. The van der Waals surface area contributed by atoms with Crippen LogP contribution in [0.1, 0.15) is 46.7 Å². The number of hydrogen-bond donors (Lipinski definition) is 2. The van der Waals surface area contributed by atoms with Crippen molar-refractivity contribution >= 4 is 17.5 Å². The van der Waals surface area contributed by atoms with E-state index in [1.54, 1.807) is 0 Å². The highest BCUT2D eigenvalue weighted by Gasteiger charge is 2.33. The molecule has 2 N–H and O–H groups in total. The first kappa shape index (κ1) is 20.4. The fourth-order valence-corrected chi connectivity index (χ4v) is 2.29. The molecule has 0 fully saturated rings. The van der Waals surface area contributed by atoms with Crippen molar-refractivity contribution in [3.63, 3.8) is 0 Å². The van der Waals surface area contributed by atoms with Gasteiger partial charge in [-0.1, -0.05) is 26.0 Å². The molecule has 144 valence electrons. The maximum atomic E-state index is 13.0. The number of nitrogens with zero attached hydrogens (tertiary/aromatic N) is 1. The minimum atomic E-state index is -4.59. The fourth-order valence-electron chi connectivity index (χ4n) is 2.29. The summed E-state index contributed by atoms with van der Waals surface area (Å²) in [7, 11) is 0. The third kappa shape index (κ3) is 5.80. The molecule has 1 aromatic heterocycles. The first-order chi connectivity index (χ1) is 12.7. The molecule has 27 heavy (non-hydrogen) atoms. The van der Waals surface area contributed by atoms with Crippen molar-refractivity contribution in [2.24, 2.45) is 5.92 Å². The minimum absolute atomic E-state index is 0.0236. The summed E-state index contributed by atoms with van der Waals surface area (Å²) < 4.78 is 39.1. The van der Waals surface area contributed by atoms with Crippen LogP contribution in [0.2, 0.25) is 0 Å². The van der Waals surface area contributed by atoms with E-state index in [0.29, 0.717) is 12.5 Å². The number of amides is 2. The van der Waals surface area contributed by atoms with E-state index in [0.717, 1.165) is 12.5 Å². The number of carbonyl (C=O) groups is 2. The Morgan fingerprint density at radius 2 is 1.81 bits per heavy atom. The van der Waals surface area contributed by atoms with Crippen LogP contribution < -0.4 is 10.6 Å². The van der Waals surface area contributed by atoms with Gasteiger partial charge in [0.15, 0.2) is 0 Å². The van der Waals surface area contributed by atoms with E-state index in [2.05, 4.69) is 15.6 Å². The van der Waals surface area contributed by atoms with Gasteiger partial charge in [0.2, 0.25) is 0 Å². The Kier molecular flexibility index (Phi) is 6.55. The number of carbonyl (C=O) groups excluding carboxylic acids is 2. The number of anilines is 1. The fraction of sp³-hybridized carbons (Fsp3) is 0.316. The Bertz CT molecular complexity index is 820. The van der Waals surface area contributed by atoms with Gasteiger partial charge < -0.3 is 10.6 Å². The van der Waals surface area contributed by atoms with E-state index in [1.165, 1.54) is 36.5 Å². The molecule has 0 bridgehead atoms. The van der Waals surface area contributed by atoms with Crippen molar-refractivity contribution in [3.05, 3.63) is 59.4 Å². The zero-order valence-electron chi connectivity index (χ0n) is 14.9. The van der Waals surface area contributed by atoms with Gasteiger partial charge in [0.1, 0.15) is 5.69 Å². The first-order valence-corrected chi connectivity index (χ1v) is 8.40. The van der Waals surface area contributed by atoms with Crippen LogP contribution in [0.25, 0.3) is 0 Å². The van der Waals surface area contributed by atoms with Gasteiger partial charge in [-0.2, -0.15) is 13.2 Å². The predicted molar refractivity (Wildman–Crippen MR) is 95.4 cm³/mol. The smallest absolute Gasteiger partial charge is 0.351 e. The Morgan fingerprint density at radius 3 is 2.48 bits per heavy atom. The largest absolute Gasteiger partial charge is 0.418 e. The highest BCUT2D eigenvalue weighted by Crippen LogP contribution is 2.34. The Morgan fingerprint density at radius 1 is 1.11 bits per heavy atom. The zero-order valence-corrected chi connectivity index (χ0v) is 14.9. The highest BCUT2D eigenvalue weighted by atomic mass is 19.4. The molecule has 8 heteroatoms. The number of halogens is 3. The van der Waals surface area contributed by atoms with E-state index in [4.69, 9.17) is 0 Å². The van der Waals surface area contributed by atoms with Gasteiger partial charge in [-0.25, -0.2) is 0 Å². The molecule has 0 radical (unpaired) electrons. The molecule has 0 aliphatic carbocycles. The molecule has 0 unspecified atom stereocenters. The number of pyridine rings is 1. The van der Waals surface area contributed by atoms with Crippen molar-refractivity contribution in [1.29, 1.82) is 0 Å². The Balaban J connectivity index is 2.13. The van der Waals surface area contributed by atoms with Gasteiger partial charge in [0.05, 0.1) is 11.3 Å². The summed E-state index contributed by atoms with van der Waals surface area (Å²) in [6, 6.07) is 7.26. The summed E-state index contributed by atoms with van der Waals surface area (Å²) in [6.45, 7) is 4.51. The molecule has 2 amide bonds. The van der Waals surface area contributed by atoms with Gasteiger partial charge in [-0.3, -0.25) is 14.6 Å². The average molecular weight is 379 g/mol. The summed E-state index contributed by atoms with van der Waals surface area (Å²) in [5, 5.41) is 4.93. The molecule has 1 aromatic carbocycles. The highest BCUT2D eigenvalue weighted by molar-refractivity contribution is 6.06. The van der Waals surface area contributed by atoms with Gasteiger partial charge in [-0.05, 0) is 36.6 Å². The normalized spacial score (nSPS) is 11.3. The Labute approximate surface area is 155 Å². The molecular formula is C19H20F3N3O2. The van der Waals surface area contributed by atoms with Crippen LogP contribution in [0.4, 0.5) is 18.9 Å². The third-order valence-electron chi connectivity index (χ3n) is 3.74. The number of benzene rings is 1. The van der Waals surface area contributed by atoms with Gasteiger partial charge >= 0.3 is 6.18 Å². The minimum Gasteiger partial charge on any atom is -0.351 e. The lowest BCUT2D eigenvalue weighted by Gasteiger charge is -2.13. The quantitative estimate of drug-likeness (QED) is 0.793. The number of nitrogens with one attached hydrogen (secondary N) is 2. The topological polar surface area (TPSA) is 71.1 Å². The molecule has 2 rings (SSSR count). The first-order valence-electron chi connectivity index (χ1n) is 8.40. The van der Waals surface area contributed by atoms with Crippen molar-refractivity contribution < 1.29 is 22.8 Å². The van der Waals surface area contributed by atoms with Crippen LogP contribution in [0.3, 0.4) is 0 Å². The summed E-state index contributed by atoms with van der Waals surface area (Å²) in [5.74, 6) is -0.782. The number of rotatable bonds is 6. The van der Waals surface area contributed by atoms with E-state index in [1.807, 2.05) is 13.8 Å². The number of alkyl halides is 3. The second kappa shape index (κ2) is 8.66. The lowest BCUT2D eigenvalue weighted by Crippen LogP contribution is -2.26. The van der Waals surface area contributed by atoms with E-state index >= 15 is 0 Å². The van der Waals surface area contributed by atoms with Crippen LogP contribution in [0, 0.1) is 5.92 Å². The SMILES string of the molecule is CC(C)CCNC(=O)c1cc(C(=O)Nc2ccccc2C(F)(F)F)ccn1. The maximum Gasteiger partial charge on any atom is 0.418 e. The summed E-state index contributed by atoms with van der Waals surface area (Å²) in [5.41, 5.74) is -1.24. The zero-order chi connectivity index (χ0) is 20.0. The van der Waals surface area contributed by atoms with Crippen molar-refractivity contribution in [1.82, 2.24) is 10.3 Å². The summed E-state index contributed by atoms with van der Waals surface area (Å²) in [6.07, 6.45) is -2.54. The van der Waals surface area contributed by atoms with Crippen LogP contribution in [-0.4, -0.2) is 23.3 Å². The number of aromatic nitrogens is 1. The van der Waals surface area contributed by atoms with Gasteiger partial charge in [0, 0.05) is 18.3 Å². The van der Waals surface area contributed by atoms with Crippen molar-refractivity contribution in [2.45, 2.75) is 26.4 Å². The Hall–Kier alpha value is -2.90. The van der Waals surface area contributed by atoms with Crippen molar-refractivity contribution in [3.8, 4) is 0 Å². The molecule has 0 aliphatic heterocycles. The standard InChI is InChI=1S/C19H20F3N3O2/c1-12(2)7-9-24-18(27)16-11-13(8-10-23-16)17(26)25-15-6-4-3-5-14(15)19(20,21)22/h3-6,8,10-12H,7,9H2,1-2H3,(H,24,27)(H,25,26). The van der Waals surface area contributed by atoms with Crippen LogP contribution >= 0.6 is 0 Å². The van der Waals surface area contributed by atoms with Crippen LogP contribution in [0.5, 0.6) is 0 Å². The third-order valence-corrected chi connectivity index (χ3v) is 3.74. The molecule has 0 saturated carbocycles. The molecule has 1 heterocycles. The molecule has 0 atom stereocenters. The molecule has 0 aliphatic rings. The van der Waals surface area contributed by atoms with Gasteiger partial charge in [-0.15, -0.1) is 0 Å². The number of para-hydroxylation sites is 1. The van der Waals surface area contributed by atoms with E-state index < -0.39 is 23.6 Å². The second-order valence-electron chi connectivity index (χ2n) is 6.37. The lowest BCUT2D eigenvalue weighted by molar-refractivity contribution is -0.136. The molecular weight excluding hydrogens is 359 g/mol. The van der Waals surface area contributed by atoms with Crippen LogP contribution in [-0.2, 0) is 6.18 Å². The van der Waals surface area contributed by atoms with E-state index in [-0.39, 0.29) is 16.9 Å². The molecule has 2 aromatic rings. The van der Waals surface area contributed by atoms with Crippen molar-refractivity contribution in [2.75, 3.05) is 11.9 Å². The van der Waals surface area contributed by atoms with E-state index in [9.17, 15) is 22.8 Å². The average Bonchev–Trinajstić information content (AvgIpc) is 2.61. The molecule has 0 saturated heterocycles.